The third-order valence-electron chi connectivity index (χ3n) is 1.86. The van der Waals surface area contributed by atoms with E-state index in [-0.39, 0.29) is 17.1 Å². The van der Waals surface area contributed by atoms with Gasteiger partial charge in [0, 0.05) is 25.4 Å². The van der Waals surface area contributed by atoms with Crippen LogP contribution in [0.1, 0.15) is 5.56 Å². The predicted molar refractivity (Wildman–Crippen MR) is 58.0 cm³/mol. The van der Waals surface area contributed by atoms with Crippen molar-refractivity contribution in [3.05, 3.63) is 27.9 Å². The molecule has 0 radical (unpaired) electrons. The third kappa shape index (κ3) is 2.90. The van der Waals surface area contributed by atoms with E-state index in [0.717, 1.165) is 0 Å². The highest BCUT2D eigenvalue weighted by atomic mass is 16.6. The Morgan fingerprint density at radius 3 is 2.94 bits per heavy atom. The van der Waals surface area contributed by atoms with Gasteiger partial charge in [0.25, 0.3) is 0 Å². The Hall–Kier alpha value is -2.20. The van der Waals surface area contributed by atoms with Crippen molar-refractivity contribution < 1.29 is 4.92 Å². The Labute approximate surface area is 92.3 Å². The molecule has 1 aromatic heterocycles. The predicted octanol–water partition coefficient (Wildman–Crippen LogP) is 0.493. The Balaban J connectivity index is 2.91. The number of rotatable bonds is 5. The maximum atomic E-state index is 10.7. The molecule has 0 aromatic carbocycles. The van der Waals surface area contributed by atoms with Crippen LogP contribution in [0, 0.1) is 21.4 Å². The van der Waals surface area contributed by atoms with Crippen molar-refractivity contribution >= 4 is 11.5 Å². The molecule has 1 aromatic rings. The first kappa shape index (κ1) is 11.9. The van der Waals surface area contributed by atoms with Crippen molar-refractivity contribution in [2.24, 2.45) is 0 Å². The maximum Gasteiger partial charge on any atom is 0.312 e. The maximum absolute atomic E-state index is 10.7. The standard InChI is InChI=1S/C9H11N5O2/c1-11-2-3-12-9-8(14(15)16)4-7(5-10)6-13-9/h4,6,11H,2-3H2,1H3,(H,12,13). The lowest BCUT2D eigenvalue weighted by Gasteiger charge is -2.05. The van der Waals surface area contributed by atoms with Crippen LogP contribution in [0.25, 0.3) is 0 Å². The Morgan fingerprint density at radius 1 is 1.62 bits per heavy atom. The number of hydrogen-bond donors (Lipinski definition) is 2. The van der Waals surface area contributed by atoms with E-state index in [2.05, 4.69) is 15.6 Å². The number of anilines is 1. The van der Waals surface area contributed by atoms with Crippen LogP contribution in [-0.2, 0) is 0 Å². The van der Waals surface area contributed by atoms with Crippen molar-refractivity contribution in [3.8, 4) is 6.07 Å². The van der Waals surface area contributed by atoms with Gasteiger partial charge in [0.05, 0.1) is 10.5 Å². The van der Waals surface area contributed by atoms with Crippen LogP contribution in [0.5, 0.6) is 0 Å². The average molecular weight is 221 g/mol. The average Bonchev–Trinajstić information content (AvgIpc) is 2.29. The van der Waals surface area contributed by atoms with E-state index < -0.39 is 4.92 Å². The van der Waals surface area contributed by atoms with Crippen LogP contribution in [0.2, 0.25) is 0 Å². The normalized spacial score (nSPS) is 9.50. The molecule has 7 nitrogen and oxygen atoms in total. The summed E-state index contributed by atoms with van der Waals surface area (Å²) in [5.41, 5.74) is -0.0129. The zero-order chi connectivity index (χ0) is 12.0. The first-order valence-corrected chi connectivity index (χ1v) is 4.62. The summed E-state index contributed by atoms with van der Waals surface area (Å²) in [5, 5.41) is 25.0. The monoisotopic (exact) mass is 221 g/mol. The number of hydrogen-bond acceptors (Lipinski definition) is 6. The molecule has 1 rings (SSSR count). The lowest BCUT2D eigenvalue weighted by Crippen LogP contribution is -2.18. The van der Waals surface area contributed by atoms with Gasteiger partial charge in [-0.1, -0.05) is 0 Å². The highest BCUT2D eigenvalue weighted by Gasteiger charge is 2.15. The second-order valence-corrected chi connectivity index (χ2v) is 2.99. The SMILES string of the molecule is CNCCNc1ncc(C#N)cc1[N+](=O)[O-]. The number of nitriles is 1. The molecule has 0 saturated heterocycles. The summed E-state index contributed by atoms with van der Waals surface area (Å²) in [6.07, 6.45) is 1.30. The van der Waals surface area contributed by atoms with Gasteiger partial charge >= 0.3 is 5.69 Å². The molecule has 2 N–H and O–H groups in total. The van der Waals surface area contributed by atoms with E-state index in [1.165, 1.54) is 12.3 Å². The lowest BCUT2D eigenvalue weighted by atomic mass is 10.3. The van der Waals surface area contributed by atoms with E-state index in [1.54, 1.807) is 7.05 Å². The summed E-state index contributed by atoms with van der Waals surface area (Å²) in [4.78, 5) is 14.0. The zero-order valence-electron chi connectivity index (χ0n) is 8.73. The molecule has 7 heteroatoms. The summed E-state index contributed by atoms with van der Waals surface area (Å²) in [5.74, 6) is 0.180. The fourth-order valence-corrected chi connectivity index (χ4v) is 1.10. The number of nitro groups is 1. The minimum atomic E-state index is -0.560. The molecule has 0 aliphatic heterocycles. The van der Waals surface area contributed by atoms with Gasteiger partial charge in [-0.25, -0.2) is 4.98 Å². The van der Waals surface area contributed by atoms with Crippen molar-refractivity contribution in [1.82, 2.24) is 10.3 Å². The molecule has 0 aliphatic rings. The van der Waals surface area contributed by atoms with Crippen molar-refractivity contribution in [1.29, 1.82) is 5.26 Å². The molecule has 0 fully saturated rings. The van der Waals surface area contributed by atoms with Gasteiger partial charge < -0.3 is 10.6 Å². The summed E-state index contributed by atoms with van der Waals surface area (Å²) in [6, 6.07) is 3.01. The minimum Gasteiger partial charge on any atom is -0.363 e. The van der Waals surface area contributed by atoms with E-state index in [0.29, 0.717) is 13.1 Å². The van der Waals surface area contributed by atoms with Gasteiger partial charge in [0.2, 0.25) is 5.82 Å². The summed E-state index contributed by atoms with van der Waals surface area (Å²) >= 11 is 0. The van der Waals surface area contributed by atoms with Gasteiger partial charge in [-0.15, -0.1) is 0 Å². The van der Waals surface area contributed by atoms with Gasteiger partial charge in [-0.05, 0) is 7.05 Å². The minimum absolute atomic E-state index is 0.172. The zero-order valence-corrected chi connectivity index (χ0v) is 8.73. The third-order valence-corrected chi connectivity index (χ3v) is 1.86. The molecule has 0 bridgehead atoms. The topological polar surface area (TPSA) is 104 Å². The second-order valence-electron chi connectivity index (χ2n) is 2.99. The molecule has 0 atom stereocenters. The molecule has 84 valence electrons. The largest absolute Gasteiger partial charge is 0.363 e. The highest BCUT2D eigenvalue weighted by molar-refractivity contribution is 5.58. The molecule has 0 aliphatic carbocycles. The summed E-state index contributed by atoms with van der Waals surface area (Å²) < 4.78 is 0. The van der Waals surface area contributed by atoms with Gasteiger partial charge in [-0.2, -0.15) is 5.26 Å². The van der Waals surface area contributed by atoms with E-state index in [9.17, 15) is 10.1 Å². The van der Waals surface area contributed by atoms with E-state index >= 15 is 0 Å². The number of pyridine rings is 1. The lowest BCUT2D eigenvalue weighted by molar-refractivity contribution is -0.384. The molecule has 16 heavy (non-hydrogen) atoms. The quantitative estimate of drug-likeness (QED) is 0.426. The first-order valence-electron chi connectivity index (χ1n) is 4.62. The molecule has 0 unspecified atom stereocenters. The smallest absolute Gasteiger partial charge is 0.312 e. The van der Waals surface area contributed by atoms with Gasteiger partial charge in [-0.3, -0.25) is 10.1 Å². The summed E-state index contributed by atoms with van der Waals surface area (Å²) in [7, 11) is 1.78. The van der Waals surface area contributed by atoms with Crippen LogP contribution in [-0.4, -0.2) is 30.0 Å². The van der Waals surface area contributed by atoms with Crippen molar-refractivity contribution in [2.45, 2.75) is 0 Å². The van der Waals surface area contributed by atoms with E-state index in [1.807, 2.05) is 6.07 Å². The van der Waals surface area contributed by atoms with Crippen LogP contribution >= 0.6 is 0 Å². The van der Waals surface area contributed by atoms with Crippen molar-refractivity contribution in [2.75, 3.05) is 25.5 Å². The molecule has 0 saturated carbocycles. The van der Waals surface area contributed by atoms with Crippen LogP contribution < -0.4 is 10.6 Å². The van der Waals surface area contributed by atoms with Gasteiger partial charge in [0.15, 0.2) is 0 Å². The van der Waals surface area contributed by atoms with Gasteiger partial charge in [0.1, 0.15) is 6.07 Å². The molecular formula is C9H11N5O2. The van der Waals surface area contributed by atoms with Crippen LogP contribution in [0.3, 0.4) is 0 Å². The Kier molecular flexibility index (Phi) is 4.17. The van der Waals surface area contributed by atoms with E-state index in [4.69, 9.17) is 5.26 Å². The van der Waals surface area contributed by atoms with Crippen LogP contribution in [0.4, 0.5) is 11.5 Å². The van der Waals surface area contributed by atoms with Crippen LogP contribution in [0.15, 0.2) is 12.3 Å². The Bertz CT molecular complexity index is 426. The molecule has 0 spiro atoms. The fraction of sp³-hybridized carbons (Fsp3) is 0.333. The molecule has 1 heterocycles. The number of likely N-dealkylation sites (N-methyl/N-ethyl adjacent to an activating group) is 1. The molecular weight excluding hydrogens is 210 g/mol. The first-order chi connectivity index (χ1) is 7.69. The summed E-state index contributed by atoms with van der Waals surface area (Å²) in [6.45, 7) is 1.19. The number of nitrogens with zero attached hydrogens (tertiary/aromatic N) is 3. The fourth-order valence-electron chi connectivity index (χ4n) is 1.10. The molecule has 0 amide bonds. The second kappa shape index (κ2) is 5.63. The Morgan fingerprint density at radius 2 is 2.38 bits per heavy atom. The highest BCUT2D eigenvalue weighted by Crippen LogP contribution is 2.21. The van der Waals surface area contributed by atoms with Crippen molar-refractivity contribution in [3.63, 3.8) is 0 Å². The number of aromatic nitrogens is 1. The number of nitrogens with one attached hydrogen (secondary N) is 2.